The molecule has 3 atom stereocenters. The highest BCUT2D eigenvalue weighted by Gasteiger charge is 2.28. The molecule has 0 saturated carbocycles. The molecule has 0 aromatic heterocycles. The standard InChI is InChI=1S/C17H32N4O5/c1-9(2)6-12(20-15(23)11(5)19-14(22)8-18)16(24)21-13(17(25)26)7-10(3)4/h9-13H,6-8,18H2,1-5H3,(H,19,22)(H,20,23)(H,21,24)(H,25,26). The van der Waals surface area contributed by atoms with E-state index in [1.807, 2.05) is 27.7 Å². The molecular weight excluding hydrogens is 340 g/mol. The average molecular weight is 372 g/mol. The van der Waals surface area contributed by atoms with Gasteiger partial charge in [-0.2, -0.15) is 0 Å². The first-order chi connectivity index (χ1) is 12.0. The first-order valence-electron chi connectivity index (χ1n) is 8.80. The second-order valence-corrected chi connectivity index (χ2v) is 7.21. The lowest BCUT2D eigenvalue weighted by molar-refractivity contribution is -0.142. The molecule has 0 aliphatic carbocycles. The number of aliphatic carboxylic acids is 1. The van der Waals surface area contributed by atoms with Crippen LogP contribution in [0.25, 0.3) is 0 Å². The average Bonchev–Trinajstić information content (AvgIpc) is 2.52. The SMILES string of the molecule is CC(C)CC(NC(=O)C(CC(C)C)NC(=O)C(C)NC(=O)CN)C(=O)O. The molecule has 0 saturated heterocycles. The molecule has 3 amide bonds. The molecule has 9 nitrogen and oxygen atoms in total. The second-order valence-electron chi connectivity index (χ2n) is 7.21. The lowest BCUT2D eigenvalue weighted by Crippen LogP contribution is -2.56. The summed E-state index contributed by atoms with van der Waals surface area (Å²) in [5, 5.41) is 16.7. The van der Waals surface area contributed by atoms with Crippen molar-refractivity contribution in [1.82, 2.24) is 16.0 Å². The van der Waals surface area contributed by atoms with E-state index in [-0.39, 0.29) is 24.8 Å². The molecule has 150 valence electrons. The van der Waals surface area contributed by atoms with Crippen LogP contribution in [0.5, 0.6) is 0 Å². The van der Waals surface area contributed by atoms with Crippen molar-refractivity contribution in [3.8, 4) is 0 Å². The van der Waals surface area contributed by atoms with Crippen LogP contribution in [-0.4, -0.2) is 53.5 Å². The summed E-state index contributed by atoms with van der Waals surface area (Å²) < 4.78 is 0. The summed E-state index contributed by atoms with van der Waals surface area (Å²) >= 11 is 0. The van der Waals surface area contributed by atoms with Crippen molar-refractivity contribution in [2.45, 2.75) is 65.6 Å². The first kappa shape index (κ1) is 23.8. The molecule has 0 radical (unpaired) electrons. The van der Waals surface area contributed by atoms with E-state index in [1.54, 1.807) is 0 Å². The molecule has 0 aromatic carbocycles. The van der Waals surface area contributed by atoms with Crippen LogP contribution in [0.15, 0.2) is 0 Å². The third kappa shape index (κ3) is 9.36. The Morgan fingerprint density at radius 3 is 1.69 bits per heavy atom. The van der Waals surface area contributed by atoms with E-state index in [1.165, 1.54) is 6.92 Å². The summed E-state index contributed by atoms with van der Waals surface area (Å²) in [6.45, 7) is 8.72. The van der Waals surface area contributed by atoms with Gasteiger partial charge in [0, 0.05) is 0 Å². The summed E-state index contributed by atoms with van der Waals surface area (Å²) in [7, 11) is 0. The summed E-state index contributed by atoms with van der Waals surface area (Å²) in [6, 6.07) is -2.78. The van der Waals surface area contributed by atoms with Gasteiger partial charge in [-0.05, 0) is 31.6 Å². The predicted octanol–water partition coefficient (Wildman–Crippen LogP) is -0.404. The number of hydrogen-bond donors (Lipinski definition) is 5. The van der Waals surface area contributed by atoms with Gasteiger partial charge >= 0.3 is 5.97 Å². The number of amides is 3. The van der Waals surface area contributed by atoms with E-state index in [4.69, 9.17) is 5.73 Å². The van der Waals surface area contributed by atoms with Crippen LogP contribution < -0.4 is 21.7 Å². The van der Waals surface area contributed by atoms with Crippen molar-refractivity contribution in [1.29, 1.82) is 0 Å². The molecule has 0 aromatic rings. The Kier molecular flexibility index (Phi) is 10.5. The Morgan fingerprint density at radius 1 is 0.808 bits per heavy atom. The highest BCUT2D eigenvalue weighted by atomic mass is 16.4. The monoisotopic (exact) mass is 372 g/mol. The predicted molar refractivity (Wildman–Crippen MR) is 97.1 cm³/mol. The van der Waals surface area contributed by atoms with Crippen molar-refractivity contribution >= 4 is 23.7 Å². The number of nitrogens with two attached hydrogens (primary N) is 1. The minimum absolute atomic E-state index is 0.0843. The Bertz CT molecular complexity index is 507. The molecule has 9 heteroatoms. The van der Waals surface area contributed by atoms with Gasteiger partial charge in [0.15, 0.2) is 0 Å². The molecule has 0 heterocycles. The zero-order chi connectivity index (χ0) is 20.4. The van der Waals surface area contributed by atoms with Crippen LogP contribution in [0.4, 0.5) is 0 Å². The number of carbonyl (C=O) groups excluding carboxylic acids is 3. The third-order valence-electron chi connectivity index (χ3n) is 3.62. The van der Waals surface area contributed by atoms with Crippen molar-refractivity contribution in [3.63, 3.8) is 0 Å². The lowest BCUT2D eigenvalue weighted by Gasteiger charge is -2.25. The van der Waals surface area contributed by atoms with Crippen LogP contribution in [0.2, 0.25) is 0 Å². The highest BCUT2D eigenvalue weighted by molar-refractivity contribution is 5.93. The van der Waals surface area contributed by atoms with Gasteiger partial charge in [-0.15, -0.1) is 0 Å². The maximum Gasteiger partial charge on any atom is 0.326 e. The van der Waals surface area contributed by atoms with Gasteiger partial charge in [0.05, 0.1) is 6.54 Å². The number of rotatable bonds is 11. The molecule has 26 heavy (non-hydrogen) atoms. The van der Waals surface area contributed by atoms with E-state index in [2.05, 4.69) is 16.0 Å². The fourth-order valence-corrected chi connectivity index (χ4v) is 2.33. The maximum absolute atomic E-state index is 12.5. The van der Waals surface area contributed by atoms with Crippen LogP contribution >= 0.6 is 0 Å². The molecule has 0 spiro atoms. The number of carboxylic acids is 1. The van der Waals surface area contributed by atoms with E-state index in [9.17, 15) is 24.3 Å². The van der Waals surface area contributed by atoms with Gasteiger partial charge in [0.2, 0.25) is 17.7 Å². The fourth-order valence-electron chi connectivity index (χ4n) is 2.33. The normalized spacial score (nSPS) is 14.5. The zero-order valence-electron chi connectivity index (χ0n) is 16.2. The molecule has 6 N–H and O–H groups in total. The van der Waals surface area contributed by atoms with Gasteiger partial charge in [0.1, 0.15) is 18.1 Å². The summed E-state index contributed by atoms with van der Waals surface area (Å²) in [6.07, 6.45) is 0.621. The van der Waals surface area contributed by atoms with Crippen LogP contribution in [-0.2, 0) is 19.2 Å². The first-order valence-corrected chi connectivity index (χ1v) is 8.80. The molecule has 0 bridgehead atoms. The smallest absolute Gasteiger partial charge is 0.326 e. The highest BCUT2D eigenvalue weighted by Crippen LogP contribution is 2.09. The second kappa shape index (κ2) is 11.5. The van der Waals surface area contributed by atoms with Crippen LogP contribution in [0.3, 0.4) is 0 Å². The zero-order valence-corrected chi connectivity index (χ0v) is 16.2. The van der Waals surface area contributed by atoms with E-state index in [0.29, 0.717) is 6.42 Å². The Morgan fingerprint density at radius 2 is 1.27 bits per heavy atom. The van der Waals surface area contributed by atoms with Crippen molar-refractivity contribution in [3.05, 3.63) is 0 Å². The maximum atomic E-state index is 12.5. The fraction of sp³-hybridized carbons (Fsp3) is 0.765. The Balaban J connectivity index is 5.05. The summed E-state index contributed by atoms with van der Waals surface area (Å²) in [5.74, 6) is -2.53. The third-order valence-corrected chi connectivity index (χ3v) is 3.62. The van der Waals surface area contributed by atoms with Crippen LogP contribution in [0, 0.1) is 11.8 Å². The van der Waals surface area contributed by atoms with Crippen molar-refractivity contribution < 1.29 is 24.3 Å². The number of hydrogen-bond acceptors (Lipinski definition) is 5. The molecule has 0 fully saturated rings. The van der Waals surface area contributed by atoms with Gasteiger partial charge in [0.25, 0.3) is 0 Å². The van der Waals surface area contributed by atoms with E-state index < -0.39 is 41.8 Å². The van der Waals surface area contributed by atoms with Gasteiger partial charge < -0.3 is 26.8 Å². The van der Waals surface area contributed by atoms with Crippen molar-refractivity contribution in [2.75, 3.05) is 6.54 Å². The minimum Gasteiger partial charge on any atom is -0.480 e. The number of nitrogens with one attached hydrogen (secondary N) is 3. The minimum atomic E-state index is -1.12. The molecule has 0 aliphatic heterocycles. The quantitative estimate of drug-likeness (QED) is 0.333. The molecule has 0 rings (SSSR count). The van der Waals surface area contributed by atoms with Gasteiger partial charge in [-0.25, -0.2) is 4.79 Å². The molecule has 0 aliphatic rings. The number of carboxylic acid groups (broad SMARTS) is 1. The van der Waals surface area contributed by atoms with E-state index >= 15 is 0 Å². The molecule has 3 unspecified atom stereocenters. The van der Waals surface area contributed by atoms with Gasteiger partial charge in [-0.3, -0.25) is 14.4 Å². The van der Waals surface area contributed by atoms with E-state index in [0.717, 1.165) is 0 Å². The largest absolute Gasteiger partial charge is 0.480 e. The van der Waals surface area contributed by atoms with Gasteiger partial charge in [-0.1, -0.05) is 27.7 Å². The summed E-state index contributed by atoms with van der Waals surface area (Å²) in [4.78, 5) is 47.4. The Labute approximate surface area is 154 Å². The summed E-state index contributed by atoms with van der Waals surface area (Å²) in [5.41, 5.74) is 5.20. The Hall–Kier alpha value is -2.16. The number of carbonyl (C=O) groups is 4. The topological polar surface area (TPSA) is 151 Å². The van der Waals surface area contributed by atoms with Crippen molar-refractivity contribution in [2.24, 2.45) is 17.6 Å². The van der Waals surface area contributed by atoms with Crippen LogP contribution in [0.1, 0.15) is 47.5 Å². The molecular formula is C17H32N4O5. The lowest BCUT2D eigenvalue weighted by atomic mass is 10.0.